The first kappa shape index (κ1) is 11.1. The molecule has 0 aliphatic heterocycles. The lowest BCUT2D eigenvalue weighted by Crippen LogP contribution is -1.95. The third-order valence-corrected chi connectivity index (χ3v) is 3.54. The highest BCUT2D eigenvalue weighted by Crippen LogP contribution is 2.25. The minimum atomic E-state index is 0.579. The van der Waals surface area contributed by atoms with Crippen LogP contribution in [0.1, 0.15) is 11.3 Å². The van der Waals surface area contributed by atoms with E-state index in [0.29, 0.717) is 6.54 Å². The lowest BCUT2D eigenvalue weighted by molar-refractivity contribution is 0.969. The molecular weight excluding hydrogens is 222 g/mol. The molecule has 0 atom stereocenters. The fourth-order valence-electron chi connectivity index (χ4n) is 2.42. The number of nitrogens with two attached hydrogens (primary N) is 1. The van der Waals surface area contributed by atoms with Crippen LogP contribution in [-0.2, 0) is 13.6 Å². The van der Waals surface area contributed by atoms with Gasteiger partial charge in [0.05, 0.1) is 0 Å². The van der Waals surface area contributed by atoms with Gasteiger partial charge in [-0.25, -0.2) is 0 Å². The molecule has 3 rings (SSSR count). The van der Waals surface area contributed by atoms with Crippen molar-refractivity contribution in [2.24, 2.45) is 12.8 Å². The average Bonchev–Trinajstić information content (AvgIpc) is 2.93. The number of aromatic amines is 1. The number of aromatic nitrogens is 2. The Labute approximate surface area is 106 Å². The Bertz CT molecular complexity index is 704. The van der Waals surface area contributed by atoms with E-state index in [1.165, 1.54) is 22.0 Å². The predicted octanol–water partition coefficient (Wildman–Crippen LogP) is 2.94. The highest BCUT2D eigenvalue weighted by atomic mass is 14.9. The number of nitrogens with one attached hydrogen (secondary N) is 1. The molecule has 92 valence electrons. The minimum absolute atomic E-state index is 0.579. The van der Waals surface area contributed by atoms with Gasteiger partial charge in [-0.3, -0.25) is 0 Å². The Hall–Kier alpha value is -2.00. The number of hydrogen-bond acceptors (Lipinski definition) is 1. The molecule has 1 aromatic carbocycles. The van der Waals surface area contributed by atoms with Crippen LogP contribution in [0.25, 0.3) is 22.2 Å². The van der Waals surface area contributed by atoms with Crippen molar-refractivity contribution >= 4 is 10.9 Å². The zero-order chi connectivity index (χ0) is 12.7. The summed E-state index contributed by atoms with van der Waals surface area (Å²) >= 11 is 0. The lowest BCUT2D eigenvalue weighted by atomic mass is 10.1. The monoisotopic (exact) mass is 239 g/mol. The van der Waals surface area contributed by atoms with Gasteiger partial charge in [0.1, 0.15) is 0 Å². The molecule has 3 nitrogen and oxygen atoms in total. The van der Waals surface area contributed by atoms with Crippen molar-refractivity contribution in [3.05, 3.63) is 47.8 Å². The number of aryl methyl sites for hydroxylation is 2. The first-order valence-electron chi connectivity index (χ1n) is 6.13. The molecule has 3 aromatic rings. The van der Waals surface area contributed by atoms with Crippen molar-refractivity contribution in [3.8, 4) is 11.3 Å². The highest BCUT2D eigenvalue weighted by molar-refractivity contribution is 5.85. The summed E-state index contributed by atoms with van der Waals surface area (Å²) in [5.41, 5.74) is 11.6. The molecule has 0 saturated carbocycles. The Balaban J connectivity index is 2.12. The fraction of sp³-hybridized carbons (Fsp3) is 0.200. The largest absolute Gasteiger partial charge is 0.358 e. The van der Waals surface area contributed by atoms with E-state index in [4.69, 9.17) is 5.73 Å². The van der Waals surface area contributed by atoms with Gasteiger partial charge in [-0.1, -0.05) is 6.07 Å². The molecule has 0 spiro atoms. The van der Waals surface area contributed by atoms with Gasteiger partial charge < -0.3 is 15.3 Å². The van der Waals surface area contributed by atoms with Crippen LogP contribution in [0, 0.1) is 6.92 Å². The third kappa shape index (κ3) is 1.64. The quantitative estimate of drug-likeness (QED) is 0.709. The molecule has 0 aliphatic carbocycles. The van der Waals surface area contributed by atoms with Crippen LogP contribution in [0.3, 0.4) is 0 Å². The van der Waals surface area contributed by atoms with E-state index >= 15 is 0 Å². The summed E-state index contributed by atoms with van der Waals surface area (Å²) < 4.78 is 2.13. The summed E-state index contributed by atoms with van der Waals surface area (Å²) in [5, 5.41) is 1.26. The maximum absolute atomic E-state index is 5.71. The number of benzene rings is 1. The normalized spacial score (nSPS) is 11.3. The van der Waals surface area contributed by atoms with Gasteiger partial charge in [0.2, 0.25) is 0 Å². The van der Waals surface area contributed by atoms with Crippen molar-refractivity contribution in [2.45, 2.75) is 13.5 Å². The van der Waals surface area contributed by atoms with Gasteiger partial charge in [-0.15, -0.1) is 0 Å². The maximum atomic E-state index is 5.71. The molecule has 18 heavy (non-hydrogen) atoms. The Kier molecular flexibility index (Phi) is 2.49. The summed E-state index contributed by atoms with van der Waals surface area (Å²) in [7, 11) is 2.06. The fourth-order valence-corrected chi connectivity index (χ4v) is 2.42. The number of rotatable bonds is 2. The highest BCUT2D eigenvalue weighted by Gasteiger charge is 2.06. The van der Waals surface area contributed by atoms with E-state index < -0.39 is 0 Å². The molecule has 0 amide bonds. The van der Waals surface area contributed by atoms with Gasteiger partial charge in [-0.2, -0.15) is 0 Å². The van der Waals surface area contributed by atoms with Crippen molar-refractivity contribution in [1.82, 2.24) is 9.55 Å². The van der Waals surface area contributed by atoms with E-state index in [0.717, 1.165) is 11.4 Å². The Morgan fingerprint density at radius 2 is 2.06 bits per heavy atom. The molecule has 2 heterocycles. The molecule has 0 unspecified atom stereocenters. The molecule has 0 aliphatic rings. The summed E-state index contributed by atoms with van der Waals surface area (Å²) in [6.07, 6.45) is 2.08. The Morgan fingerprint density at radius 1 is 1.22 bits per heavy atom. The molecule has 0 saturated heterocycles. The third-order valence-electron chi connectivity index (χ3n) is 3.54. The molecule has 2 aromatic heterocycles. The van der Waals surface area contributed by atoms with E-state index in [9.17, 15) is 0 Å². The summed E-state index contributed by atoms with van der Waals surface area (Å²) in [4.78, 5) is 3.40. The van der Waals surface area contributed by atoms with Gasteiger partial charge >= 0.3 is 0 Å². The van der Waals surface area contributed by atoms with Gasteiger partial charge in [-0.05, 0) is 42.3 Å². The van der Waals surface area contributed by atoms with Gasteiger partial charge in [0, 0.05) is 42.1 Å². The van der Waals surface area contributed by atoms with Crippen LogP contribution in [0.4, 0.5) is 0 Å². The summed E-state index contributed by atoms with van der Waals surface area (Å²) in [5.74, 6) is 0. The second-order valence-corrected chi connectivity index (χ2v) is 4.74. The van der Waals surface area contributed by atoms with Gasteiger partial charge in [0.15, 0.2) is 0 Å². The van der Waals surface area contributed by atoms with E-state index in [1.807, 2.05) is 0 Å². The van der Waals surface area contributed by atoms with E-state index in [-0.39, 0.29) is 0 Å². The molecular formula is C15H17N3. The summed E-state index contributed by atoms with van der Waals surface area (Å²) in [6, 6.07) is 10.8. The van der Waals surface area contributed by atoms with Crippen LogP contribution < -0.4 is 5.73 Å². The SMILES string of the molecule is Cc1[nH]c(-c2ccc3c(ccn3C)c2)cc1CN. The van der Waals surface area contributed by atoms with Crippen LogP contribution >= 0.6 is 0 Å². The van der Waals surface area contributed by atoms with E-state index in [1.54, 1.807) is 0 Å². The molecule has 0 fully saturated rings. The maximum Gasteiger partial charge on any atom is 0.0478 e. The van der Waals surface area contributed by atoms with Crippen LogP contribution in [-0.4, -0.2) is 9.55 Å². The van der Waals surface area contributed by atoms with Crippen LogP contribution in [0.15, 0.2) is 36.5 Å². The van der Waals surface area contributed by atoms with Gasteiger partial charge in [0.25, 0.3) is 0 Å². The lowest BCUT2D eigenvalue weighted by Gasteiger charge is -2.00. The summed E-state index contributed by atoms with van der Waals surface area (Å²) in [6.45, 7) is 2.64. The number of fused-ring (bicyclic) bond motifs is 1. The standard InChI is InChI=1S/C15H17N3/c1-10-13(9-16)8-14(17-10)11-3-4-15-12(7-11)5-6-18(15)2/h3-8,17H,9,16H2,1-2H3. The predicted molar refractivity (Wildman–Crippen MR) is 75.3 cm³/mol. The van der Waals surface area contributed by atoms with Crippen LogP contribution in [0.2, 0.25) is 0 Å². The van der Waals surface area contributed by atoms with Crippen molar-refractivity contribution in [1.29, 1.82) is 0 Å². The number of hydrogen-bond donors (Lipinski definition) is 2. The Morgan fingerprint density at radius 3 is 2.78 bits per heavy atom. The zero-order valence-corrected chi connectivity index (χ0v) is 10.7. The smallest absolute Gasteiger partial charge is 0.0478 e. The zero-order valence-electron chi connectivity index (χ0n) is 10.7. The van der Waals surface area contributed by atoms with Crippen molar-refractivity contribution < 1.29 is 0 Å². The first-order chi connectivity index (χ1) is 8.69. The second kappa shape index (κ2) is 4.03. The first-order valence-corrected chi connectivity index (χ1v) is 6.13. The molecule has 0 radical (unpaired) electrons. The van der Waals surface area contributed by atoms with E-state index in [2.05, 4.69) is 60.1 Å². The van der Waals surface area contributed by atoms with Crippen molar-refractivity contribution in [3.63, 3.8) is 0 Å². The average molecular weight is 239 g/mol. The minimum Gasteiger partial charge on any atom is -0.358 e. The topological polar surface area (TPSA) is 46.7 Å². The molecule has 3 heteroatoms. The van der Waals surface area contributed by atoms with Crippen molar-refractivity contribution in [2.75, 3.05) is 0 Å². The molecule has 0 bridgehead atoms. The molecule has 3 N–H and O–H groups in total. The number of H-pyrrole nitrogens is 1. The number of nitrogens with zero attached hydrogens (tertiary/aromatic N) is 1. The second-order valence-electron chi connectivity index (χ2n) is 4.74. The van der Waals surface area contributed by atoms with Crippen LogP contribution in [0.5, 0.6) is 0 Å².